The minimum Gasteiger partial charge on any atom is -0.507 e. The highest BCUT2D eigenvalue weighted by Gasteiger charge is 2.11. The van der Waals surface area contributed by atoms with E-state index in [0.29, 0.717) is 21.9 Å². The Morgan fingerprint density at radius 2 is 1.81 bits per heavy atom. The van der Waals surface area contributed by atoms with E-state index in [1.807, 2.05) is 0 Å². The van der Waals surface area contributed by atoms with Crippen LogP contribution in [0.3, 0.4) is 0 Å². The average Bonchev–Trinajstić information content (AvgIpc) is 2.49. The molecule has 0 spiro atoms. The number of benzene rings is 2. The summed E-state index contributed by atoms with van der Waals surface area (Å²) in [6.45, 7) is 0. The molecule has 5 heteroatoms. The maximum absolute atomic E-state index is 11.8. The number of nitrogens with one attached hydrogen (secondary N) is 1. The fraction of sp³-hybridized carbons (Fsp3) is 0. The number of primary amides is 1. The van der Waals surface area contributed by atoms with E-state index in [9.17, 15) is 14.7 Å². The van der Waals surface area contributed by atoms with Crippen LogP contribution in [-0.2, 0) is 0 Å². The smallest absolute Gasteiger partial charge is 0.255 e. The third-order valence-corrected chi connectivity index (χ3v) is 3.38. The number of fused-ring (bicyclic) bond motifs is 1. The lowest BCUT2D eigenvalue weighted by Gasteiger charge is -2.08. The molecule has 2 aromatic carbocycles. The van der Waals surface area contributed by atoms with Crippen LogP contribution in [0.15, 0.2) is 53.5 Å². The number of phenols is 1. The van der Waals surface area contributed by atoms with Crippen molar-refractivity contribution in [2.24, 2.45) is 5.73 Å². The predicted molar refractivity (Wildman–Crippen MR) is 80.2 cm³/mol. The van der Waals surface area contributed by atoms with Gasteiger partial charge in [0.1, 0.15) is 5.75 Å². The molecule has 4 N–H and O–H groups in total. The first-order valence-electron chi connectivity index (χ1n) is 6.31. The monoisotopic (exact) mass is 280 g/mol. The van der Waals surface area contributed by atoms with Gasteiger partial charge in [0.2, 0.25) is 5.91 Å². The molecule has 104 valence electrons. The second-order valence-electron chi connectivity index (χ2n) is 4.67. The Balaban J connectivity index is 2.28. The van der Waals surface area contributed by atoms with Crippen molar-refractivity contribution in [2.75, 3.05) is 0 Å². The first kappa shape index (κ1) is 12.9. The van der Waals surface area contributed by atoms with Crippen LogP contribution < -0.4 is 11.3 Å². The Kier molecular flexibility index (Phi) is 2.95. The third-order valence-electron chi connectivity index (χ3n) is 3.38. The maximum atomic E-state index is 11.8. The second-order valence-corrected chi connectivity index (χ2v) is 4.67. The number of phenolic OH excluding ortho intramolecular Hbond substituents is 1. The van der Waals surface area contributed by atoms with E-state index in [0.717, 1.165) is 5.56 Å². The van der Waals surface area contributed by atoms with Crippen LogP contribution in [0.2, 0.25) is 0 Å². The summed E-state index contributed by atoms with van der Waals surface area (Å²) in [5.41, 5.74) is 6.79. The van der Waals surface area contributed by atoms with Gasteiger partial charge in [-0.15, -0.1) is 0 Å². The first-order chi connectivity index (χ1) is 10.1. The van der Waals surface area contributed by atoms with Crippen molar-refractivity contribution in [1.82, 2.24) is 4.98 Å². The molecule has 0 saturated heterocycles. The van der Waals surface area contributed by atoms with Gasteiger partial charge in [0.25, 0.3) is 5.56 Å². The van der Waals surface area contributed by atoms with Gasteiger partial charge in [-0.1, -0.05) is 18.2 Å². The summed E-state index contributed by atoms with van der Waals surface area (Å²) >= 11 is 0. The summed E-state index contributed by atoms with van der Waals surface area (Å²) in [7, 11) is 0. The van der Waals surface area contributed by atoms with E-state index < -0.39 is 5.91 Å². The highest BCUT2D eigenvalue weighted by atomic mass is 16.3. The zero-order valence-corrected chi connectivity index (χ0v) is 11.0. The van der Waals surface area contributed by atoms with Crippen LogP contribution in [0.25, 0.3) is 21.9 Å². The van der Waals surface area contributed by atoms with Crippen LogP contribution in [0.5, 0.6) is 5.75 Å². The summed E-state index contributed by atoms with van der Waals surface area (Å²) in [6.07, 6.45) is 1.55. The Morgan fingerprint density at radius 1 is 1.10 bits per heavy atom. The number of aromatic hydroxyl groups is 1. The number of H-pyrrole nitrogens is 1. The molecule has 0 saturated carbocycles. The normalized spacial score (nSPS) is 10.7. The van der Waals surface area contributed by atoms with Crippen LogP contribution >= 0.6 is 0 Å². The van der Waals surface area contributed by atoms with E-state index in [1.165, 1.54) is 6.07 Å². The number of rotatable bonds is 2. The van der Waals surface area contributed by atoms with Gasteiger partial charge in [-0.05, 0) is 29.8 Å². The molecule has 21 heavy (non-hydrogen) atoms. The van der Waals surface area contributed by atoms with Gasteiger partial charge in [-0.2, -0.15) is 0 Å². The summed E-state index contributed by atoms with van der Waals surface area (Å²) in [6, 6.07) is 11.5. The predicted octanol–water partition coefficient (Wildman–Crippen LogP) is 2.00. The number of carbonyl (C=O) groups is 1. The van der Waals surface area contributed by atoms with Gasteiger partial charge < -0.3 is 15.8 Å². The fourth-order valence-corrected chi connectivity index (χ4v) is 2.34. The molecule has 0 fully saturated rings. The molecular formula is C16H12N2O3. The molecule has 1 amide bonds. The van der Waals surface area contributed by atoms with Crippen molar-refractivity contribution in [3.8, 4) is 16.9 Å². The van der Waals surface area contributed by atoms with Crippen LogP contribution in [0.4, 0.5) is 0 Å². The molecule has 0 aliphatic rings. The van der Waals surface area contributed by atoms with Crippen molar-refractivity contribution >= 4 is 16.7 Å². The lowest BCUT2D eigenvalue weighted by molar-refractivity contribution is 0.100. The van der Waals surface area contributed by atoms with Gasteiger partial charge in [0.15, 0.2) is 0 Å². The topological polar surface area (TPSA) is 96.2 Å². The van der Waals surface area contributed by atoms with Gasteiger partial charge >= 0.3 is 0 Å². The lowest BCUT2D eigenvalue weighted by atomic mass is 9.99. The zero-order chi connectivity index (χ0) is 15.0. The molecule has 3 aromatic rings. The van der Waals surface area contributed by atoms with Crippen molar-refractivity contribution in [2.45, 2.75) is 0 Å². The van der Waals surface area contributed by atoms with Crippen LogP contribution in [-0.4, -0.2) is 16.0 Å². The largest absolute Gasteiger partial charge is 0.507 e. The number of pyridine rings is 1. The number of hydrogen-bond donors (Lipinski definition) is 3. The Hall–Kier alpha value is -3.08. The summed E-state index contributed by atoms with van der Waals surface area (Å²) in [5.74, 6) is -0.469. The van der Waals surface area contributed by atoms with E-state index in [4.69, 9.17) is 5.73 Å². The number of aromatic nitrogens is 1. The van der Waals surface area contributed by atoms with E-state index in [2.05, 4.69) is 4.98 Å². The fourth-order valence-electron chi connectivity index (χ4n) is 2.34. The summed E-state index contributed by atoms with van der Waals surface area (Å²) < 4.78 is 0. The Labute approximate surface area is 119 Å². The SMILES string of the molecule is NC(=O)c1ccc(-c2c[nH]c(=O)c3cccc(O)c23)cc1. The quantitative estimate of drug-likeness (QED) is 0.669. The minimum absolute atomic E-state index is 0.0348. The molecule has 0 aliphatic heterocycles. The standard InChI is InChI=1S/C16H12N2O3/c17-15(20)10-6-4-9(5-7-10)12-8-18-16(21)11-2-1-3-13(19)14(11)12/h1-8,19H,(H2,17,20)(H,18,21). The highest BCUT2D eigenvalue weighted by molar-refractivity contribution is 6.00. The first-order valence-corrected chi connectivity index (χ1v) is 6.31. The molecule has 5 nitrogen and oxygen atoms in total. The Bertz CT molecular complexity index is 896. The third kappa shape index (κ3) is 2.14. The van der Waals surface area contributed by atoms with Crippen LogP contribution in [0.1, 0.15) is 10.4 Å². The number of hydrogen-bond acceptors (Lipinski definition) is 3. The van der Waals surface area contributed by atoms with Gasteiger partial charge in [-0.3, -0.25) is 9.59 Å². The molecule has 1 aromatic heterocycles. The molecule has 3 rings (SSSR count). The van der Waals surface area contributed by atoms with Crippen LogP contribution in [0, 0.1) is 0 Å². The molecule has 0 radical (unpaired) electrons. The zero-order valence-electron chi connectivity index (χ0n) is 11.0. The van der Waals surface area contributed by atoms with Gasteiger partial charge in [0.05, 0.1) is 5.39 Å². The van der Waals surface area contributed by atoms with Crippen molar-refractivity contribution < 1.29 is 9.90 Å². The highest BCUT2D eigenvalue weighted by Crippen LogP contribution is 2.32. The number of carbonyl (C=O) groups excluding carboxylic acids is 1. The van der Waals surface area contributed by atoms with Crippen molar-refractivity contribution in [3.63, 3.8) is 0 Å². The minimum atomic E-state index is -0.504. The van der Waals surface area contributed by atoms with E-state index in [1.54, 1.807) is 42.6 Å². The Morgan fingerprint density at radius 3 is 2.48 bits per heavy atom. The van der Waals surface area contributed by atoms with Crippen molar-refractivity contribution in [1.29, 1.82) is 0 Å². The second kappa shape index (κ2) is 4.79. The number of amides is 1. The molecule has 0 aliphatic carbocycles. The number of nitrogens with two attached hydrogens (primary N) is 1. The molecular weight excluding hydrogens is 268 g/mol. The molecule has 0 bridgehead atoms. The molecule has 1 heterocycles. The number of aromatic amines is 1. The van der Waals surface area contributed by atoms with Gasteiger partial charge in [-0.25, -0.2) is 0 Å². The molecule has 0 atom stereocenters. The maximum Gasteiger partial charge on any atom is 0.255 e. The summed E-state index contributed by atoms with van der Waals surface area (Å²) in [5, 5.41) is 10.9. The summed E-state index contributed by atoms with van der Waals surface area (Å²) in [4.78, 5) is 25.6. The van der Waals surface area contributed by atoms with Crippen molar-refractivity contribution in [3.05, 3.63) is 64.6 Å². The average molecular weight is 280 g/mol. The molecule has 0 unspecified atom stereocenters. The van der Waals surface area contributed by atoms with Gasteiger partial charge in [0, 0.05) is 22.7 Å². The van der Waals surface area contributed by atoms with E-state index in [-0.39, 0.29) is 11.3 Å². The lowest BCUT2D eigenvalue weighted by Crippen LogP contribution is -2.10. The van der Waals surface area contributed by atoms with E-state index >= 15 is 0 Å².